The van der Waals surface area contributed by atoms with Crippen molar-refractivity contribution in [3.8, 4) is 0 Å². The summed E-state index contributed by atoms with van der Waals surface area (Å²) in [6.07, 6.45) is 4.89. The zero-order valence-corrected chi connectivity index (χ0v) is 14.2. The van der Waals surface area contributed by atoms with Gasteiger partial charge < -0.3 is 0 Å². The predicted molar refractivity (Wildman–Crippen MR) is 90.6 cm³/mol. The first-order chi connectivity index (χ1) is 10.7. The maximum atomic E-state index is 12.8. The van der Waals surface area contributed by atoms with E-state index < -0.39 is 10.0 Å². The standard InChI is InChI=1S/C17H21NO2S2/c19-22(20,17-10-6-14-21-17)18-13-5-4-9-16(18)12-11-15-7-2-1-3-8-15/h1-3,6-8,10,14,16H,4-5,9,11-13H2. The molecule has 0 N–H and O–H groups in total. The Bertz CT molecular complexity index is 681. The Kier molecular flexibility index (Phi) is 4.96. The van der Waals surface area contributed by atoms with Gasteiger partial charge in [0.2, 0.25) is 0 Å². The molecule has 2 aromatic rings. The lowest BCUT2D eigenvalue weighted by molar-refractivity contribution is 0.241. The van der Waals surface area contributed by atoms with Gasteiger partial charge in [-0.05, 0) is 42.7 Å². The molecule has 1 saturated heterocycles. The van der Waals surface area contributed by atoms with Gasteiger partial charge in [0.25, 0.3) is 10.0 Å². The number of benzene rings is 1. The van der Waals surface area contributed by atoms with Gasteiger partial charge in [-0.15, -0.1) is 11.3 Å². The average Bonchev–Trinajstić information content (AvgIpc) is 3.09. The summed E-state index contributed by atoms with van der Waals surface area (Å²) in [4.78, 5) is 0. The second kappa shape index (κ2) is 6.94. The summed E-state index contributed by atoms with van der Waals surface area (Å²) in [5.74, 6) is 0. The molecular weight excluding hydrogens is 314 g/mol. The maximum Gasteiger partial charge on any atom is 0.252 e. The molecule has 5 heteroatoms. The van der Waals surface area contributed by atoms with Crippen LogP contribution in [-0.2, 0) is 16.4 Å². The van der Waals surface area contributed by atoms with E-state index in [1.165, 1.54) is 16.9 Å². The van der Waals surface area contributed by atoms with Gasteiger partial charge in [0.05, 0.1) is 0 Å². The zero-order chi connectivity index (χ0) is 15.4. The van der Waals surface area contributed by atoms with Gasteiger partial charge in [-0.3, -0.25) is 0 Å². The van der Waals surface area contributed by atoms with Crippen molar-refractivity contribution in [1.29, 1.82) is 0 Å². The van der Waals surface area contributed by atoms with E-state index in [0.717, 1.165) is 32.1 Å². The highest BCUT2D eigenvalue weighted by molar-refractivity contribution is 7.91. The van der Waals surface area contributed by atoms with Crippen LogP contribution in [0, 0.1) is 0 Å². The Balaban J connectivity index is 1.74. The van der Waals surface area contributed by atoms with Crippen molar-refractivity contribution in [2.75, 3.05) is 6.54 Å². The first-order valence-corrected chi connectivity index (χ1v) is 10.1. The van der Waals surface area contributed by atoms with Crippen molar-refractivity contribution in [3.05, 3.63) is 53.4 Å². The van der Waals surface area contributed by atoms with Crippen LogP contribution in [0.15, 0.2) is 52.1 Å². The lowest BCUT2D eigenvalue weighted by Gasteiger charge is -2.34. The number of hydrogen-bond acceptors (Lipinski definition) is 3. The van der Waals surface area contributed by atoms with Gasteiger partial charge in [0, 0.05) is 12.6 Å². The molecule has 1 aromatic carbocycles. The quantitative estimate of drug-likeness (QED) is 0.830. The van der Waals surface area contributed by atoms with E-state index in [2.05, 4.69) is 12.1 Å². The van der Waals surface area contributed by atoms with Crippen molar-refractivity contribution in [2.45, 2.75) is 42.4 Å². The molecule has 0 saturated carbocycles. The van der Waals surface area contributed by atoms with Crippen LogP contribution in [0.5, 0.6) is 0 Å². The van der Waals surface area contributed by atoms with E-state index in [1.54, 1.807) is 16.4 Å². The number of hydrogen-bond donors (Lipinski definition) is 0. The van der Waals surface area contributed by atoms with Crippen LogP contribution in [0.1, 0.15) is 31.2 Å². The van der Waals surface area contributed by atoms with Crippen LogP contribution in [0.2, 0.25) is 0 Å². The third kappa shape index (κ3) is 3.42. The van der Waals surface area contributed by atoms with Gasteiger partial charge in [-0.2, -0.15) is 4.31 Å². The second-order valence-electron chi connectivity index (χ2n) is 5.72. The molecule has 1 aliphatic heterocycles. The molecule has 1 aliphatic rings. The molecule has 0 amide bonds. The summed E-state index contributed by atoms with van der Waals surface area (Å²) in [7, 11) is -3.32. The second-order valence-corrected chi connectivity index (χ2v) is 8.79. The highest BCUT2D eigenvalue weighted by Gasteiger charge is 2.33. The van der Waals surface area contributed by atoms with Crippen molar-refractivity contribution >= 4 is 21.4 Å². The van der Waals surface area contributed by atoms with Gasteiger partial charge >= 0.3 is 0 Å². The first kappa shape index (κ1) is 15.7. The molecule has 118 valence electrons. The molecule has 2 heterocycles. The summed E-state index contributed by atoms with van der Waals surface area (Å²) in [5.41, 5.74) is 1.28. The summed E-state index contributed by atoms with van der Waals surface area (Å²) in [5, 5.41) is 1.83. The molecule has 22 heavy (non-hydrogen) atoms. The molecule has 0 aliphatic carbocycles. The lowest BCUT2D eigenvalue weighted by atomic mass is 9.98. The van der Waals surface area contributed by atoms with Crippen LogP contribution in [0.4, 0.5) is 0 Å². The number of nitrogens with zero attached hydrogens (tertiary/aromatic N) is 1. The lowest BCUT2D eigenvalue weighted by Crippen LogP contribution is -2.43. The molecular formula is C17H21NO2S2. The van der Waals surface area contributed by atoms with Crippen LogP contribution in [0.25, 0.3) is 0 Å². The average molecular weight is 335 g/mol. The topological polar surface area (TPSA) is 37.4 Å². The Morgan fingerprint density at radius 3 is 2.64 bits per heavy atom. The highest BCUT2D eigenvalue weighted by atomic mass is 32.2. The van der Waals surface area contributed by atoms with E-state index >= 15 is 0 Å². The van der Waals surface area contributed by atoms with E-state index in [4.69, 9.17) is 0 Å². The number of sulfonamides is 1. The Labute approximate surface area is 136 Å². The Morgan fingerprint density at radius 2 is 1.91 bits per heavy atom. The molecule has 0 spiro atoms. The maximum absolute atomic E-state index is 12.8. The van der Waals surface area contributed by atoms with Gasteiger partial charge in [-0.1, -0.05) is 42.8 Å². The fourth-order valence-electron chi connectivity index (χ4n) is 3.08. The first-order valence-electron chi connectivity index (χ1n) is 7.77. The highest BCUT2D eigenvalue weighted by Crippen LogP contribution is 2.29. The minimum absolute atomic E-state index is 0.126. The summed E-state index contributed by atoms with van der Waals surface area (Å²) in [6, 6.07) is 14.0. The van der Waals surface area contributed by atoms with E-state index in [-0.39, 0.29) is 6.04 Å². The van der Waals surface area contributed by atoms with Crippen LogP contribution in [-0.4, -0.2) is 25.3 Å². The third-order valence-corrected chi connectivity index (χ3v) is 7.57. The van der Waals surface area contributed by atoms with Crippen molar-refractivity contribution < 1.29 is 8.42 Å². The van der Waals surface area contributed by atoms with Crippen molar-refractivity contribution in [3.63, 3.8) is 0 Å². The molecule has 1 atom stereocenters. The third-order valence-electron chi connectivity index (χ3n) is 4.24. The summed E-state index contributed by atoms with van der Waals surface area (Å²) >= 11 is 1.31. The minimum Gasteiger partial charge on any atom is -0.206 e. The largest absolute Gasteiger partial charge is 0.252 e. The number of thiophene rings is 1. The summed E-state index contributed by atoms with van der Waals surface area (Å²) in [6.45, 7) is 0.652. The summed E-state index contributed by atoms with van der Waals surface area (Å²) < 4.78 is 27.8. The minimum atomic E-state index is -3.32. The molecule has 3 rings (SSSR count). The van der Waals surface area contributed by atoms with Gasteiger partial charge in [0.15, 0.2) is 0 Å². The van der Waals surface area contributed by atoms with Gasteiger partial charge in [-0.25, -0.2) is 8.42 Å². The SMILES string of the molecule is O=S(=O)(c1cccs1)N1CCCCC1CCc1ccccc1. The van der Waals surface area contributed by atoms with Crippen molar-refractivity contribution in [1.82, 2.24) is 4.31 Å². The Hall–Kier alpha value is -1.17. The molecule has 1 fully saturated rings. The normalized spacial score (nSPS) is 20.1. The molecule has 1 unspecified atom stereocenters. The molecule has 0 radical (unpaired) electrons. The van der Waals surface area contributed by atoms with E-state index in [0.29, 0.717) is 10.8 Å². The fraction of sp³-hybridized carbons (Fsp3) is 0.412. The predicted octanol–water partition coefficient (Wildman–Crippen LogP) is 3.92. The van der Waals surface area contributed by atoms with Crippen LogP contribution >= 0.6 is 11.3 Å². The van der Waals surface area contributed by atoms with Gasteiger partial charge in [0.1, 0.15) is 4.21 Å². The van der Waals surface area contributed by atoms with E-state index in [9.17, 15) is 8.42 Å². The monoisotopic (exact) mass is 335 g/mol. The molecule has 3 nitrogen and oxygen atoms in total. The van der Waals surface area contributed by atoms with Crippen molar-refractivity contribution in [2.24, 2.45) is 0 Å². The van der Waals surface area contributed by atoms with Crippen LogP contribution < -0.4 is 0 Å². The molecule has 1 aromatic heterocycles. The Morgan fingerprint density at radius 1 is 1.09 bits per heavy atom. The number of rotatable bonds is 5. The van der Waals surface area contributed by atoms with E-state index in [1.807, 2.05) is 23.6 Å². The number of piperidine rings is 1. The van der Waals surface area contributed by atoms with Crippen LogP contribution in [0.3, 0.4) is 0 Å². The fourth-order valence-corrected chi connectivity index (χ4v) is 5.93. The molecule has 0 bridgehead atoms. The zero-order valence-electron chi connectivity index (χ0n) is 12.5. The number of aryl methyl sites for hydroxylation is 1. The smallest absolute Gasteiger partial charge is 0.206 e.